The first-order valence-corrected chi connectivity index (χ1v) is 11.1. The van der Waals surface area contributed by atoms with Gasteiger partial charge in [-0.25, -0.2) is 0 Å². The maximum absolute atomic E-state index is 12.2. The average Bonchev–Trinajstić information content (AvgIpc) is 3.50. The Morgan fingerprint density at radius 1 is 1.10 bits per heavy atom. The third kappa shape index (κ3) is 4.19. The second-order valence-electron chi connectivity index (χ2n) is 8.55. The van der Waals surface area contributed by atoms with Gasteiger partial charge in [0.05, 0.1) is 15.6 Å². The Kier molecular flexibility index (Phi) is 5.92. The highest BCUT2D eigenvalue weighted by Gasteiger charge is 2.44. The van der Waals surface area contributed by atoms with E-state index in [1.54, 1.807) is 6.92 Å². The first-order chi connectivity index (χ1) is 13.9. The Balaban J connectivity index is 1.40. The van der Waals surface area contributed by atoms with Crippen molar-refractivity contribution in [3.8, 4) is 0 Å². The number of carbonyl (C=O) groups excluding carboxylic acids is 1. The van der Waals surface area contributed by atoms with E-state index in [2.05, 4.69) is 35.2 Å². The van der Waals surface area contributed by atoms with Gasteiger partial charge in [-0.05, 0) is 54.4 Å². The highest BCUT2D eigenvalue weighted by Crippen LogP contribution is 2.49. The minimum Gasteiger partial charge on any atom is -0.336 e. The lowest BCUT2D eigenvalue weighted by atomic mass is 9.79. The van der Waals surface area contributed by atoms with Crippen LogP contribution in [-0.4, -0.2) is 42.4 Å². The molecule has 2 atom stereocenters. The van der Waals surface area contributed by atoms with Crippen LogP contribution in [-0.2, 0) is 10.3 Å². The van der Waals surface area contributed by atoms with Crippen molar-refractivity contribution in [1.82, 2.24) is 9.80 Å². The number of carbonyl (C=O) groups is 1. The molecule has 0 bridgehead atoms. The van der Waals surface area contributed by atoms with E-state index in [9.17, 15) is 4.79 Å². The van der Waals surface area contributed by atoms with E-state index in [0.717, 1.165) is 32.5 Å². The molecule has 2 fully saturated rings. The molecule has 29 heavy (non-hydrogen) atoms. The van der Waals surface area contributed by atoms with E-state index in [1.807, 2.05) is 30.1 Å². The number of likely N-dealkylation sites (tertiary alicyclic amines) is 1. The quantitative estimate of drug-likeness (QED) is 0.618. The molecule has 2 aliphatic rings. The van der Waals surface area contributed by atoms with Gasteiger partial charge in [0.25, 0.3) is 0 Å². The van der Waals surface area contributed by atoms with E-state index in [-0.39, 0.29) is 11.4 Å². The van der Waals surface area contributed by atoms with Crippen LogP contribution in [0.15, 0.2) is 48.5 Å². The average molecular weight is 431 g/mol. The molecule has 1 aliphatic carbocycles. The highest BCUT2D eigenvalue weighted by molar-refractivity contribution is 6.42. The van der Waals surface area contributed by atoms with Crippen molar-refractivity contribution in [3.05, 3.63) is 69.7 Å². The van der Waals surface area contributed by atoms with Gasteiger partial charge in [-0.2, -0.15) is 0 Å². The number of hydrogen-bond acceptors (Lipinski definition) is 2. The van der Waals surface area contributed by atoms with E-state index < -0.39 is 0 Å². The van der Waals surface area contributed by atoms with Crippen LogP contribution in [0.25, 0.3) is 0 Å². The molecule has 2 aromatic carbocycles. The minimum absolute atomic E-state index is 0.129. The third-order valence-electron chi connectivity index (χ3n) is 6.90. The molecule has 0 unspecified atom stereocenters. The lowest BCUT2D eigenvalue weighted by molar-refractivity contribution is -0.136. The van der Waals surface area contributed by atoms with E-state index in [1.165, 1.54) is 17.5 Å². The standard InChI is InChI=1S/C24H28Cl2N2O/c1-17(29)27(2)24(20-6-4-3-5-7-20)10-12-28(13-11-24)16-19-14-21(19)18-8-9-22(25)23(26)15-18/h3-9,15,19,21H,10-14,16H2,1-2H3/t19-,21+/m0/s1. The molecule has 2 aromatic rings. The van der Waals surface area contributed by atoms with E-state index in [4.69, 9.17) is 23.2 Å². The molecule has 1 amide bonds. The summed E-state index contributed by atoms with van der Waals surface area (Å²) < 4.78 is 0. The van der Waals surface area contributed by atoms with Crippen LogP contribution in [0.5, 0.6) is 0 Å². The highest BCUT2D eigenvalue weighted by atomic mass is 35.5. The number of benzene rings is 2. The maximum Gasteiger partial charge on any atom is 0.219 e. The Labute approximate surface area is 183 Å². The summed E-state index contributed by atoms with van der Waals surface area (Å²) in [5.41, 5.74) is 2.35. The summed E-state index contributed by atoms with van der Waals surface area (Å²) in [6.07, 6.45) is 3.15. The molecule has 0 radical (unpaired) electrons. The van der Waals surface area contributed by atoms with Crippen molar-refractivity contribution < 1.29 is 4.79 Å². The summed E-state index contributed by atoms with van der Waals surface area (Å²) in [4.78, 5) is 16.8. The van der Waals surface area contributed by atoms with Crippen molar-refractivity contribution in [3.63, 3.8) is 0 Å². The second kappa shape index (κ2) is 8.29. The summed E-state index contributed by atoms with van der Waals surface area (Å²) in [5.74, 6) is 1.40. The Morgan fingerprint density at radius 2 is 1.79 bits per heavy atom. The van der Waals surface area contributed by atoms with Crippen LogP contribution < -0.4 is 0 Å². The Hall–Kier alpha value is -1.55. The summed E-state index contributed by atoms with van der Waals surface area (Å²) in [5, 5.41) is 1.27. The molecular weight excluding hydrogens is 403 g/mol. The van der Waals surface area contributed by atoms with Crippen molar-refractivity contribution in [2.45, 2.75) is 37.6 Å². The van der Waals surface area contributed by atoms with Gasteiger partial charge in [0.2, 0.25) is 5.91 Å². The topological polar surface area (TPSA) is 23.6 Å². The monoisotopic (exact) mass is 430 g/mol. The molecule has 0 aromatic heterocycles. The molecule has 1 heterocycles. The lowest BCUT2D eigenvalue weighted by Gasteiger charge is -2.47. The number of hydrogen-bond donors (Lipinski definition) is 0. The van der Waals surface area contributed by atoms with E-state index in [0.29, 0.717) is 21.9 Å². The van der Waals surface area contributed by atoms with Crippen LogP contribution in [0, 0.1) is 5.92 Å². The van der Waals surface area contributed by atoms with Crippen molar-refractivity contribution in [2.24, 2.45) is 5.92 Å². The maximum atomic E-state index is 12.2. The van der Waals surface area contributed by atoms with Crippen LogP contribution in [0.1, 0.15) is 43.2 Å². The fourth-order valence-corrected chi connectivity index (χ4v) is 5.21. The predicted molar refractivity (Wildman–Crippen MR) is 120 cm³/mol. The van der Waals surface area contributed by atoms with Crippen LogP contribution in [0.4, 0.5) is 0 Å². The van der Waals surface area contributed by atoms with Gasteiger partial charge < -0.3 is 9.80 Å². The molecule has 1 saturated heterocycles. The van der Waals surface area contributed by atoms with Gasteiger partial charge in [0.15, 0.2) is 0 Å². The predicted octanol–water partition coefficient (Wildman–Crippen LogP) is 5.57. The third-order valence-corrected chi connectivity index (χ3v) is 7.63. The Morgan fingerprint density at radius 3 is 2.41 bits per heavy atom. The van der Waals surface area contributed by atoms with Crippen LogP contribution in [0.3, 0.4) is 0 Å². The number of halogens is 2. The molecule has 0 N–H and O–H groups in total. The van der Waals surface area contributed by atoms with Gasteiger partial charge in [-0.3, -0.25) is 4.79 Å². The molecular formula is C24H28Cl2N2O. The summed E-state index contributed by atoms with van der Waals surface area (Å²) in [7, 11) is 1.95. The SMILES string of the molecule is CC(=O)N(C)C1(c2ccccc2)CCN(C[C@@H]2C[C@@H]2c2ccc(Cl)c(Cl)c2)CC1. The zero-order valence-corrected chi connectivity index (χ0v) is 18.6. The van der Waals surface area contributed by atoms with E-state index >= 15 is 0 Å². The summed E-state index contributed by atoms with van der Waals surface area (Å²) >= 11 is 12.3. The normalized spacial score (nSPS) is 23.6. The first-order valence-electron chi connectivity index (χ1n) is 10.4. The van der Waals surface area contributed by atoms with Crippen LogP contribution in [0.2, 0.25) is 10.0 Å². The molecule has 1 aliphatic heterocycles. The minimum atomic E-state index is -0.198. The zero-order chi connectivity index (χ0) is 20.6. The second-order valence-corrected chi connectivity index (χ2v) is 9.37. The van der Waals surface area contributed by atoms with Gasteiger partial charge in [0, 0.05) is 33.6 Å². The smallest absolute Gasteiger partial charge is 0.219 e. The summed E-state index contributed by atoms with van der Waals surface area (Å²) in [6, 6.07) is 16.5. The van der Waals surface area contributed by atoms with Gasteiger partial charge in [-0.1, -0.05) is 59.6 Å². The number of amides is 1. The molecule has 1 saturated carbocycles. The number of piperidine rings is 1. The molecule has 3 nitrogen and oxygen atoms in total. The summed E-state index contributed by atoms with van der Waals surface area (Å²) in [6.45, 7) is 4.80. The van der Waals surface area contributed by atoms with Crippen LogP contribution >= 0.6 is 23.2 Å². The van der Waals surface area contributed by atoms with Gasteiger partial charge in [-0.15, -0.1) is 0 Å². The van der Waals surface area contributed by atoms with Gasteiger partial charge >= 0.3 is 0 Å². The lowest BCUT2D eigenvalue weighted by Crippen LogP contribution is -2.53. The molecule has 154 valence electrons. The fourth-order valence-electron chi connectivity index (χ4n) is 4.91. The molecule has 4 rings (SSSR count). The van der Waals surface area contributed by atoms with Crippen molar-refractivity contribution >= 4 is 29.1 Å². The largest absolute Gasteiger partial charge is 0.336 e. The first kappa shape index (κ1) is 20.7. The number of rotatable bonds is 5. The van der Waals surface area contributed by atoms with Crippen molar-refractivity contribution in [1.29, 1.82) is 0 Å². The zero-order valence-electron chi connectivity index (χ0n) is 17.1. The van der Waals surface area contributed by atoms with Gasteiger partial charge in [0.1, 0.15) is 0 Å². The molecule has 0 spiro atoms. The number of nitrogens with zero attached hydrogens (tertiary/aromatic N) is 2. The molecule has 5 heteroatoms. The fraction of sp³-hybridized carbons (Fsp3) is 0.458. The van der Waals surface area contributed by atoms with Crippen molar-refractivity contribution in [2.75, 3.05) is 26.7 Å². The Bertz CT molecular complexity index is 878.